The molecule has 98 valence electrons. The molecule has 5 heteroatoms. The molecule has 0 saturated heterocycles. The number of carbonyl (C=O) groups is 2. The van der Waals surface area contributed by atoms with Crippen molar-refractivity contribution in [3.63, 3.8) is 0 Å². The highest BCUT2D eigenvalue weighted by Crippen LogP contribution is 2.09. The van der Waals surface area contributed by atoms with Gasteiger partial charge in [-0.25, -0.2) is 4.79 Å². The van der Waals surface area contributed by atoms with E-state index in [1.807, 2.05) is 6.07 Å². The van der Waals surface area contributed by atoms with Crippen molar-refractivity contribution in [2.24, 2.45) is 0 Å². The first-order valence-corrected chi connectivity index (χ1v) is 5.70. The number of carbonyl (C=O) groups excluding carboxylic acids is 1. The first kappa shape index (κ1) is 14.5. The van der Waals surface area contributed by atoms with Crippen LogP contribution < -0.4 is 5.32 Å². The number of nitrogens with zero attached hydrogens (tertiary/aromatic N) is 1. The molecule has 0 bridgehead atoms. The summed E-state index contributed by atoms with van der Waals surface area (Å²) in [5.74, 6) is -1.46. The molecule has 5 nitrogen and oxygen atoms in total. The molecule has 1 aromatic rings. The summed E-state index contributed by atoms with van der Waals surface area (Å²) in [4.78, 5) is 22.4. The molecule has 0 saturated carbocycles. The van der Waals surface area contributed by atoms with Crippen molar-refractivity contribution in [1.29, 1.82) is 5.26 Å². The number of benzene rings is 1. The van der Waals surface area contributed by atoms with Gasteiger partial charge in [-0.2, -0.15) is 5.26 Å². The number of nitriles is 1. The highest BCUT2D eigenvalue weighted by atomic mass is 16.4. The van der Waals surface area contributed by atoms with Gasteiger partial charge in [0.05, 0.1) is 5.56 Å². The van der Waals surface area contributed by atoms with Crippen molar-refractivity contribution < 1.29 is 14.7 Å². The van der Waals surface area contributed by atoms with Gasteiger partial charge in [-0.15, -0.1) is 0 Å². The molecular weight excluding hydrogens is 244 g/mol. The summed E-state index contributed by atoms with van der Waals surface area (Å²) in [6, 6.07) is 7.70. The van der Waals surface area contributed by atoms with Crippen LogP contribution in [0.4, 0.5) is 0 Å². The summed E-state index contributed by atoms with van der Waals surface area (Å²) in [6.07, 6.45) is 1.42. The van der Waals surface area contributed by atoms with Gasteiger partial charge in [0.15, 0.2) is 0 Å². The quantitative estimate of drug-likeness (QED) is 0.636. The van der Waals surface area contributed by atoms with E-state index in [4.69, 9.17) is 10.4 Å². The molecule has 1 aromatic carbocycles. The summed E-state index contributed by atoms with van der Waals surface area (Å²) in [5, 5.41) is 20.3. The Balaban J connectivity index is 2.95. The molecule has 0 unspecified atom stereocenters. The molecule has 0 fully saturated rings. The molecule has 19 heavy (non-hydrogen) atoms. The lowest BCUT2D eigenvalue weighted by Crippen LogP contribution is -2.30. The van der Waals surface area contributed by atoms with Gasteiger partial charge in [-0.1, -0.05) is 12.1 Å². The predicted octanol–water partition coefficient (Wildman–Crippen LogP) is 1.82. The zero-order valence-corrected chi connectivity index (χ0v) is 10.7. The predicted molar refractivity (Wildman–Crippen MR) is 70.3 cm³/mol. The molecule has 0 radical (unpaired) electrons. The summed E-state index contributed by atoms with van der Waals surface area (Å²) in [7, 11) is 0. The van der Waals surface area contributed by atoms with Gasteiger partial charge in [0.1, 0.15) is 11.6 Å². The Morgan fingerprint density at radius 1 is 1.32 bits per heavy atom. The van der Waals surface area contributed by atoms with E-state index in [2.05, 4.69) is 5.32 Å². The number of nitrogens with one attached hydrogen (secondary N) is 1. The largest absolute Gasteiger partial charge is 0.478 e. The summed E-state index contributed by atoms with van der Waals surface area (Å²) in [6.45, 7) is 3.60. The van der Waals surface area contributed by atoms with Crippen molar-refractivity contribution >= 4 is 18.0 Å². The average Bonchev–Trinajstić information content (AvgIpc) is 2.35. The van der Waals surface area contributed by atoms with Crippen LogP contribution >= 0.6 is 0 Å². The number of amides is 1. The third kappa shape index (κ3) is 4.28. The normalized spacial score (nSPS) is 10.9. The molecule has 1 rings (SSSR count). The van der Waals surface area contributed by atoms with Crippen molar-refractivity contribution in [2.45, 2.75) is 19.9 Å². The van der Waals surface area contributed by atoms with E-state index in [1.165, 1.54) is 18.2 Å². The highest BCUT2D eigenvalue weighted by Gasteiger charge is 2.10. The maximum atomic E-state index is 11.7. The third-order valence-electron chi connectivity index (χ3n) is 2.25. The van der Waals surface area contributed by atoms with E-state index in [9.17, 15) is 9.59 Å². The first-order chi connectivity index (χ1) is 8.93. The maximum Gasteiger partial charge on any atom is 0.335 e. The molecule has 0 aliphatic rings. The fraction of sp³-hybridized carbons (Fsp3) is 0.214. The van der Waals surface area contributed by atoms with E-state index in [-0.39, 0.29) is 17.2 Å². The zero-order valence-electron chi connectivity index (χ0n) is 10.7. The van der Waals surface area contributed by atoms with Crippen molar-refractivity contribution in [1.82, 2.24) is 5.32 Å². The van der Waals surface area contributed by atoms with Crippen LogP contribution in [0.3, 0.4) is 0 Å². The van der Waals surface area contributed by atoms with E-state index >= 15 is 0 Å². The topological polar surface area (TPSA) is 90.2 Å². The van der Waals surface area contributed by atoms with Crippen LogP contribution in [0.2, 0.25) is 0 Å². The number of aromatic carboxylic acids is 1. The van der Waals surface area contributed by atoms with Crippen LogP contribution in [0.5, 0.6) is 0 Å². The lowest BCUT2D eigenvalue weighted by atomic mass is 10.1. The monoisotopic (exact) mass is 258 g/mol. The SMILES string of the molecule is CC(C)NC(=O)/C(C#N)=C/c1ccc(C(=O)O)cc1. The van der Waals surface area contributed by atoms with E-state index in [1.54, 1.807) is 26.0 Å². The average molecular weight is 258 g/mol. The van der Waals surface area contributed by atoms with Gasteiger partial charge in [-0.3, -0.25) is 4.79 Å². The van der Waals surface area contributed by atoms with Crippen molar-refractivity contribution in [3.05, 3.63) is 41.0 Å². The Morgan fingerprint density at radius 3 is 2.32 bits per heavy atom. The van der Waals surface area contributed by atoms with Gasteiger partial charge in [-0.05, 0) is 37.6 Å². The lowest BCUT2D eigenvalue weighted by molar-refractivity contribution is -0.117. The van der Waals surface area contributed by atoms with Gasteiger partial charge >= 0.3 is 5.97 Å². The Bertz CT molecular complexity index is 551. The fourth-order valence-electron chi connectivity index (χ4n) is 1.38. The van der Waals surface area contributed by atoms with Crippen LogP contribution in [-0.4, -0.2) is 23.0 Å². The minimum absolute atomic E-state index is 0.0169. The molecule has 0 atom stereocenters. The highest BCUT2D eigenvalue weighted by molar-refractivity contribution is 6.01. The number of hydrogen-bond acceptors (Lipinski definition) is 3. The number of hydrogen-bond donors (Lipinski definition) is 2. The van der Waals surface area contributed by atoms with Crippen LogP contribution in [0.1, 0.15) is 29.8 Å². The van der Waals surface area contributed by atoms with Crippen LogP contribution in [-0.2, 0) is 4.79 Å². The van der Waals surface area contributed by atoms with E-state index in [0.29, 0.717) is 5.56 Å². The Hall–Kier alpha value is -2.61. The Kier molecular flexibility index (Phi) is 4.84. The number of rotatable bonds is 4. The third-order valence-corrected chi connectivity index (χ3v) is 2.25. The second-order valence-electron chi connectivity index (χ2n) is 4.23. The Labute approximate surface area is 111 Å². The number of carboxylic acid groups (broad SMARTS) is 1. The first-order valence-electron chi connectivity index (χ1n) is 5.70. The summed E-state index contributed by atoms with van der Waals surface area (Å²) >= 11 is 0. The maximum absolute atomic E-state index is 11.7. The summed E-state index contributed by atoms with van der Waals surface area (Å²) < 4.78 is 0. The molecule has 0 heterocycles. The van der Waals surface area contributed by atoms with Gasteiger partial charge in [0.2, 0.25) is 0 Å². The zero-order chi connectivity index (χ0) is 14.4. The summed E-state index contributed by atoms with van der Waals surface area (Å²) in [5.41, 5.74) is 0.736. The second-order valence-corrected chi connectivity index (χ2v) is 4.23. The van der Waals surface area contributed by atoms with Gasteiger partial charge < -0.3 is 10.4 Å². The van der Waals surface area contributed by atoms with Crippen LogP contribution in [0, 0.1) is 11.3 Å². The smallest absolute Gasteiger partial charge is 0.335 e. The van der Waals surface area contributed by atoms with Crippen LogP contribution in [0.15, 0.2) is 29.8 Å². The minimum atomic E-state index is -1.02. The molecule has 2 N–H and O–H groups in total. The lowest BCUT2D eigenvalue weighted by Gasteiger charge is -2.06. The molecule has 0 spiro atoms. The van der Waals surface area contributed by atoms with E-state index < -0.39 is 11.9 Å². The Morgan fingerprint density at radius 2 is 1.89 bits per heavy atom. The van der Waals surface area contributed by atoms with Gasteiger partial charge in [0, 0.05) is 6.04 Å². The van der Waals surface area contributed by atoms with Crippen molar-refractivity contribution in [2.75, 3.05) is 0 Å². The number of carboxylic acids is 1. The molecule has 0 aliphatic carbocycles. The second kappa shape index (κ2) is 6.36. The fourth-order valence-corrected chi connectivity index (χ4v) is 1.38. The minimum Gasteiger partial charge on any atom is -0.478 e. The van der Waals surface area contributed by atoms with Crippen molar-refractivity contribution in [3.8, 4) is 6.07 Å². The standard InChI is InChI=1S/C14H14N2O3/c1-9(2)16-13(17)12(8-15)7-10-3-5-11(6-4-10)14(18)19/h3-7,9H,1-2H3,(H,16,17)(H,18,19)/b12-7+. The van der Waals surface area contributed by atoms with Gasteiger partial charge in [0.25, 0.3) is 5.91 Å². The molecule has 0 aromatic heterocycles. The molecule has 0 aliphatic heterocycles. The van der Waals surface area contributed by atoms with E-state index in [0.717, 1.165) is 0 Å². The van der Waals surface area contributed by atoms with Crippen LogP contribution in [0.25, 0.3) is 6.08 Å². The molecular formula is C14H14N2O3. The molecule has 1 amide bonds.